The smallest absolute Gasteiger partial charge is 0.253 e. The monoisotopic (exact) mass is 299 g/mol. The fourth-order valence-corrected chi connectivity index (χ4v) is 3.19. The van der Waals surface area contributed by atoms with Gasteiger partial charge in [0.1, 0.15) is 5.00 Å². The van der Waals surface area contributed by atoms with E-state index in [1.807, 2.05) is 11.8 Å². The summed E-state index contributed by atoms with van der Waals surface area (Å²) in [7, 11) is 1.61. The number of thiophene rings is 1. The second-order valence-corrected chi connectivity index (χ2v) is 5.24. The number of hydrogen-bond acceptors (Lipinski definition) is 6. The highest BCUT2D eigenvalue weighted by atomic mass is 32.1. The number of nitrogen functional groups attached to an aromatic ring is 1. The van der Waals surface area contributed by atoms with Gasteiger partial charge in [-0.3, -0.25) is 9.59 Å². The molecule has 0 radical (unpaired) electrons. The minimum atomic E-state index is -0.611. The van der Waals surface area contributed by atoms with E-state index in [0.29, 0.717) is 36.0 Å². The van der Waals surface area contributed by atoms with Gasteiger partial charge in [0.15, 0.2) is 5.78 Å². The van der Waals surface area contributed by atoms with E-state index in [2.05, 4.69) is 0 Å². The molecular formula is C13H21N3O3S. The van der Waals surface area contributed by atoms with Crippen LogP contribution in [0, 0.1) is 0 Å². The van der Waals surface area contributed by atoms with Crippen molar-refractivity contribution in [2.24, 2.45) is 5.73 Å². The van der Waals surface area contributed by atoms with Crippen LogP contribution in [0.25, 0.3) is 0 Å². The van der Waals surface area contributed by atoms with E-state index in [1.54, 1.807) is 14.0 Å². The number of Topliss-reactive ketones (excluding diaryl/α,β-unsaturated/α-hetero) is 1. The van der Waals surface area contributed by atoms with E-state index >= 15 is 0 Å². The quantitative estimate of drug-likeness (QED) is 0.709. The number of amides is 1. The van der Waals surface area contributed by atoms with E-state index < -0.39 is 5.91 Å². The summed E-state index contributed by atoms with van der Waals surface area (Å²) < 4.78 is 5.05. The van der Waals surface area contributed by atoms with Gasteiger partial charge >= 0.3 is 0 Å². The molecule has 0 saturated carbocycles. The standard InChI is InChI=1S/C13H21N3O3S/c1-4-8(17)11-10(14)9(12(15)18)13(20-11)16(5-2)6-7-19-3/h4-7,14H2,1-3H3,(H2,15,18). The lowest BCUT2D eigenvalue weighted by molar-refractivity contribution is 0.0991. The number of hydrogen-bond donors (Lipinski definition) is 2. The van der Waals surface area contributed by atoms with Gasteiger partial charge in [-0.15, -0.1) is 11.3 Å². The second-order valence-electron chi connectivity index (χ2n) is 4.24. The van der Waals surface area contributed by atoms with Gasteiger partial charge in [0.2, 0.25) is 0 Å². The zero-order valence-corrected chi connectivity index (χ0v) is 12.9. The van der Waals surface area contributed by atoms with E-state index in [-0.39, 0.29) is 17.0 Å². The Balaban J connectivity index is 3.29. The first kappa shape index (κ1) is 16.5. The SMILES string of the molecule is CCC(=O)c1sc(N(CC)CCOC)c(C(N)=O)c1N. The first-order chi connectivity index (χ1) is 9.47. The minimum Gasteiger partial charge on any atom is -0.397 e. The number of rotatable bonds is 8. The zero-order valence-electron chi connectivity index (χ0n) is 12.1. The lowest BCUT2D eigenvalue weighted by atomic mass is 10.1. The lowest BCUT2D eigenvalue weighted by Crippen LogP contribution is -2.28. The molecule has 0 atom stereocenters. The van der Waals surface area contributed by atoms with Gasteiger partial charge in [0.25, 0.3) is 5.91 Å². The number of methoxy groups -OCH3 is 1. The molecule has 7 heteroatoms. The molecule has 0 aliphatic heterocycles. The molecule has 4 N–H and O–H groups in total. The van der Waals surface area contributed by atoms with Crippen molar-refractivity contribution in [2.75, 3.05) is 37.4 Å². The summed E-state index contributed by atoms with van der Waals surface area (Å²) in [6.07, 6.45) is 0.340. The summed E-state index contributed by atoms with van der Waals surface area (Å²) in [5.74, 6) is -0.691. The molecule has 6 nitrogen and oxygen atoms in total. The van der Waals surface area contributed by atoms with Gasteiger partial charge in [-0.25, -0.2) is 0 Å². The molecule has 112 valence electrons. The number of likely N-dealkylation sites (N-methyl/N-ethyl adjacent to an activating group) is 1. The average molecular weight is 299 g/mol. The third kappa shape index (κ3) is 3.29. The highest BCUT2D eigenvalue weighted by Gasteiger charge is 2.25. The number of anilines is 2. The maximum absolute atomic E-state index is 11.9. The third-order valence-corrected chi connectivity index (χ3v) is 4.29. The van der Waals surface area contributed by atoms with Crippen molar-refractivity contribution < 1.29 is 14.3 Å². The van der Waals surface area contributed by atoms with Crippen LogP contribution in [0.4, 0.5) is 10.7 Å². The Morgan fingerprint density at radius 1 is 1.35 bits per heavy atom. The van der Waals surface area contributed by atoms with Crippen molar-refractivity contribution >= 4 is 33.7 Å². The molecule has 0 fully saturated rings. The Bertz CT molecular complexity index is 499. The summed E-state index contributed by atoms with van der Waals surface area (Å²) in [5, 5.41) is 0.645. The maximum atomic E-state index is 11.9. The largest absolute Gasteiger partial charge is 0.397 e. The van der Waals surface area contributed by atoms with Gasteiger partial charge in [-0.1, -0.05) is 6.92 Å². The number of ketones is 1. The molecule has 0 saturated heterocycles. The molecule has 1 rings (SSSR count). The van der Waals surface area contributed by atoms with Crippen LogP contribution in [0.1, 0.15) is 40.3 Å². The van der Waals surface area contributed by atoms with Crippen LogP contribution in [0.5, 0.6) is 0 Å². The van der Waals surface area contributed by atoms with Crippen molar-refractivity contribution in [3.63, 3.8) is 0 Å². The number of nitrogens with two attached hydrogens (primary N) is 2. The summed E-state index contributed by atoms with van der Waals surface area (Å²) in [6.45, 7) is 5.50. The summed E-state index contributed by atoms with van der Waals surface area (Å²) in [4.78, 5) is 25.9. The Kier molecular flexibility index (Phi) is 5.97. The van der Waals surface area contributed by atoms with Crippen molar-refractivity contribution in [3.05, 3.63) is 10.4 Å². The van der Waals surface area contributed by atoms with Crippen LogP contribution in [-0.4, -0.2) is 38.5 Å². The van der Waals surface area contributed by atoms with Crippen LogP contribution < -0.4 is 16.4 Å². The first-order valence-electron chi connectivity index (χ1n) is 6.46. The van der Waals surface area contributed by atoms with Gasteiger partial charge in [-0.2, -0.15) is 0 Å². The van der Waals surface area contributed by atoms with Gasteiger partial charge in [-0.05, 0) is 6.92 Å². The van der Waals surface area contributed by atoms with E-state index in [9.17, 15) is 9.59 Å². The lowest BCUT2D eigenvalue weighted by Gasteiger charge is -2.21. The molecule has 0 aromatic carbocycles. The van der Waals surface area contributed by atoms with E-state index in [1.165, 1.54) is 11.3 Å². The van der Waals surface area contributed by atoms with Gasteiger partial charge in [0, 0.05) is 26.6 Å². The van der Waals surface area contributed by atoms with E-state index in [4.69, 9.17) is 16.2 Å². The number of carbonyl (C=O) groups is 2. The van der Waals surface area contributed by atoms with Crippen LogP contribution in [-0.2, 0) is 4.74 Å². The summed E-state index contributed by atoms with van der Waals surface area (Å²) in [5.41, 5.74) is 11.8. The number of ether oxygens (including phenoxy) is 1. The third-order valence-electron chi connectivity index (χ3n) is 2.98. The Hall–Kier alpha value is -1.60. The Morgan fingerprint density at radius 2 is 2.00 bits per heavy atom. The normalized spacial score (nSPS) is 10.6. The predicted octanol–water partition coefficient (Wildman–Crippen LogP) is 1.49. The number of carbonyl (C=O) groups excluding carboxylic acids is 2. The highest BCUT2D eigenvalue weighted by molar-refractivity contribution is 7.19. The Morgan fingerprint density at radius 3 is 2.45 bits per heavy atom. The predicted molar refractivity (Wildman–Crippen MR) is 81.6 cm³/mol. The molecule has 0 unspecified atom stereocenters. The van der Waals surface area contributed by atoms with Crippen molar-refractivity contribution in [3.8, 4) is 0 Å². The minimum absolute atomic E-state index is 0.0796. The zero-order chi connectivity index (χ0) is 15.3. The average Bonchev–Trinajstić information content (AvgIpc) is 2.76. The Labute approximate surface area is 122 Å². The maximum Gasteiger partial charge on any atom is 0.253 e. The van der Waals surface area contributed by atoms with Crippen LogP contribution >= 0.6 is 11.3 Å². The van der Waals surface area contributed by atoms with Crippen molar-refractivity contribution in [1.82, 2.24) is 0 Å². The molecule has 0 bridgehead atoms. The molecule has 20 heavy (non-hydrogen) atoms. The molecule has 1 heterocycles. The fourth-order valence-electron chi connectivity index (χ4n) is 1.86. The molecule has 1 amide bonds. The molecule has 1 aromatic heterocycles. The van der Waals surface area contributed by atoms with E-state index in [0.717, 1.165) is 0 Å². The van der Waals surface area contributed by atoms with Gasteiger partial charge in [0.05, 0.1) is 22.7 Å². The molecular weight excluding hydrogens is 278 g/mol. The highest BCUT2D eigenvalue weighted by Crippen LogP contribution is 2.38. The molecule has 0 aliphatic carbocycles. The number of nitrogens with zero attached hydrogens (tertiary/aromatic N) is 1. The summed E-state index contributed by atoms with van der Waals surface area (Å²) in [6, 6.07) is 0. The first-order valence-corrected chi connectivity index (χ1v) is 7.28. The summed E-state index contributed by atoms with van der Waals surface area (Å²) >= 11 is 1.23. The molecule has 0 spiro atoms. The number of primary amides is 1. The fraction of sp³-hybridized carbons (Fsp3) is 0.538. The van der Waals surface area contributed by atoms with Gasteiger partial charge < -0.3 is 21.1 Å². The van der Waals surface area contributed by atoms with Crippen LogP contribution in [0.2, 0.25) is 0 Å². The molecule has 0 aliphatic rings. The van der Waals surface area contributed by atoms with Crippen molar-refractivity contribution in [2.45, 2.75) is 20.3 Å². The second kappa shape index (κ2) is 7.25. The van der Waals surface area contributed by atoms with Crippen LogP contribution in [0.15, 0.2) is 0 Å². The topological polar surface area (TPSA) is 98.6 Å². The van der Waals surface area contributed by atoms with Crippen LogP contribution in [0.3, 0.4) is 0 Å². The van der Waals surface area contributed by atoms with Crippen molar-refractivity contribution in [1.29, 1.82) is 0 Å². The molecule has 1 aromatic rings.